The van der Waals surface area contributed by atoms with Crippen molar-refractivity contribution in [2.24, 2.45) is 0 Å². The molecule has 3 heterocycles. The minimum absolute atomic E-state index is 0.117. The molecule has 0 aliphatic carbocycles. The number of nitrogens with one attached hydrogen (secondary N) is 1. The average molecular weight is 345 g/mol. The lowest BCUT2D eigenvalue weighted by molar-refractivity contribution is -0.122. The number of imidazole rings is 1. The van der Waals surface area contributed by atoms with Gasteiger partial charge in [0.15, 0.2) is 11.5 Å². The molecule has 0 atom stereocenters. The number of rotatable bonds is 3. The molecule has 2 aromatic rings. The minimum Gasteiger partial charge on any atom is -0.454 e. The smallest absolute Gasteiger partial charge is 0.266 e. The van der Waals surface area contributed by atoms with Crippen molar-refractivity contribution in [3.05, 3.63) is 46.9 Å². The maximum Gasteiger partial charge on any atom is 0.266 e. The summed E-state index contributed by atoms with van der Waals surface area (Å²) in [7, 11) is 0. The van der Waals surface area contributed by atoms with Crippen molar-refractivity contribution in [3.63, 3.8) is 0 Å². The van der Waals surface area contributed by atoms with Gasteiger partial charge in [0.1, 0.15) is 10.1 Å². The van der Waals surface area contributed by atoms with Gasteiger partial charge in [0.05, 0.1) is 11.4 Å². The molecule has 0 unspecified atom stereocenters. The molecule has 1 aromatic carbocycles. The molecule has 0 spiro atoms. The fourth-order valence-electron chi connectivity index (χ4n) is 2.34. The summed E-state index contributed by atoms with van der Waals surface area (Å²) in [6, 6.07) is 5.62. The Bertz CT molecular complexity index is 817. The summed E-state index contributed by atoms with van der Waals surface area (Å²) < 4.78 is 11.2. The van der Waals surface area contributed by atoms with Crippen LogP contribution in [0.15, 0.2) is 35.5 Å². The Labute approximate surface area is 141 Å². The van der Waals surface area contributed by atoms with E-state index in [1.165, 1.54) is 11.8 Å². The van der Waals surface area contributed by atoms with Crippen LogP contribution in [0.2, 0.25) is 0 Å². The summed E-state index contributed by atoms with van der Waals surface area (Å²) in [4.78, 5) is 21.7. The van der Waals surface area contributed by atoms with Gasteiger partial charge in [-0.25, -0.2) is 4.98 Å². The molecule has 2 aliphatic heterocycles. The van der Waals surface area contributed by atoms with Crippen molar-refractivity contribution in [2.45, 2.75) is 6.54 Å². The lowest BCUT2D eigenvalue weighted by Crippen LogP contribution is -2.27. The highest BCUT2D eigenvalue weighted by Crippen LogP contribution is 2.36. The monoisotopic (exact) mass is 345 g/mol. The molecule has 1 N–H and O–H groups in total. The van der Waals surface area contributed by atoms with Gasteiger partial charge in [0.25, 0.3) is 5.91 Å². The SMILES string of the molecule is O=C1/C(=C/c2ncc[nH]2)SC(=S)N1Cc1ccc2c(c1)OCO2. The Morgan fingerprint density at radius 1 is 1.39 bits per heavy atom. The molecule has 1 amide bonds. The Balaban J connectivity index is 1.55. The summed E-state index contributed by atoms with van der Waals surface area (Å²) in [5, 5.41) is 0. The van der Waals surface area contributed by atoms with Gasteiger partial charge in [0, 0.05) is 18.5 Å². The van der Waals surface area contributed by atoms with E-state index in [2.05, 4.69) is 9.97 Å². The number of hydrogen-bond acceptors (Lipinski definition) is 6. The molecule has 1 fully saturated rings. The molecule has 6 nitrogen and oxygen atoms in total. The summed E-state index contributed by atoms with van der Waals surface area (Å²) in [5.74, 6) is 1.93. The number of H-pyrrole nitrogens is 1. The van der Waals surface area contributed by atoms with E-state index in [1.807, 2.05) is 18.2 Å². The largest absolute Gasteiger partial charge is 0.454 e. The molecule has 0 radical (unpaired) electrons. The van der Waals surface area contributed by atoms with Gasteiger partial charge in [-0.3, -0.25) is 9.69 Å². The van der Waals surface area contributed by atoms with Crippen molar-refractivity contribution >= 4 is 40.3 Å². The van der Waals surface area contributed by atoms with E-state index >= 15 is 0 Å². The van der Waals surface area contributed by atoms with Crippen molar-refractivity contribution in [2.75, 3.05) is 6.79 Å². The maximum atomic E-state index is 12.5. The third-order valence-electron chi connectivity index (χ3n) is 3.44. The summed E-state index contributed by atoms with van der Waals surface area (Å²) in [5.41, 5.74) is 0.935. The van der Waals surface area contributed by atoms with Crippen LogP contribution in [0, 0.1) is 0 Å². The number of fused-ring (bicyclic) bond motifs is 1. The van der Waals surface area contributed by atoms with Crippen LogP contribution >= 0.6 is 24.0 Å². The third-order valence-corrected chi connectivity index (χ3v) is 4.82. The molecule has 1 aromatic heterocycles. The fraction of sp³-hybridized carbons (Fsp3) is 0.133. The lowest BCUT2D eigenvalue weighted by Gasteiger charge is -2.14. The highest BCUT2D eigenvalue weighted by molar-refractivity contribution is 8.26. The van der Waals surface area contributed by atoms with Crippen LogP contribution in [0.25, 0.3) is 6.08 Å². The van der Waals surface area contributed by atoms with Crippen molar-refractivity contribution in [1.82, 2.24) is 14.9 Å². The van der Waals surface area contributed by atoms with E-state index in [-0.39, 0.29) is 12.7 Å². The van der Waals surface area contributed by atoms with E-state index in [9.17, 15) is 4.79 Å². The first-order valence-corrected chi connectivity index (χ1v) is 8.06. The summed E-state index contributed by atoms with van der Waals surface area (Å²) in [6.07, 6.45) is 5.05. The number of benzene rings is 1. The molecular formula is C15H11N3O3S2. The van der Waals surface area contributed by atoms with Gasteiger partial charge < -0.3 is 14.5 Å². The number of hydrogen-bond donors (Lipinski definition) is 1. The normalized spacial score (nSPS) is 18.3. The topological polar surface area (TPSA) is 67.5 Å². The number of ether oxygens (including phenoxy) is 2. The number of amides is 1. The molecule has 0 bridgehead atoms. The second-order valence-electron chi connectivity index (χ2n) is 4.93. The fourth-order valence-corrected chi connectivity index (χ4v) is 3.57. The number of aromatic nitrogens is 2. The maximum absolute atomic E-state index is 12.5. The Hall–Kier alpha value is -2.32. The van der Waals surface area contributed by atoms with Crippen LogP contribution < -0.4 is 9.47 Å². The number of nitrogens with zero attached hydrogens (tertiary/aromatic N) is 2. The van der Waals surface area contributed by atoms with Gasteiger partial charge in [-0.1, -0.05) is 30.0 Å². The third kappa shape index (κ3) is 2.71. The van der Waals surface area contributed by atoms with E-state index in [0.717, 1.165) is 11.3 Å². The van der Waals surface area contributed by atoms with Crippen LogP contribution in [0.1, 0.15) is 11.4 Å². The molecule has 116 valence electrons. The Morgan fingerprint density at radius 3 is 3.09 bits per heavy atom. The van der Waals surface area contributed by atoms with Crippen LogP contribution in [0.3, 0.4) is 0 Å². The van der Waals surface area contributed by atoms with E-state index in [0.29, 0.717) is 27.3 Å². The van der Waals surface area contributed by atoms with Gasteiger partial charge in [-0.05, 0) is 17.7 Å². The Kier molecular flexibility index (Phi) is 3.55. The highest BCUT2D eigenvalue weighted by Gasteiger charge is 2.32. The number of carbonyl (C=O) groups is 1. The first kappa shape index (κ1) is 14.3. The standard InChI is InChI=1S/C15H11N3O3S2/c19-14-12(6-13-16-3-4-17-13)23-15(22)18(14)7-9-1-2-10-11(5-9)21-8-20-10/h1-6H,7-8H2,(H,16,17)/b12-6-. The quantitative estimate of drug-likeness (QED) is 0.681. The number of thiocarbonyl (C=S) groups is 1. The minimum atomic E-state index is -0.117. The zero-order valence-corrected chi connectivity index (χ0v) is 13.4. The predicted octanol–water partition coefficient (Wildman–Crippen LogP) is 2.54. The molecular weight excluding hydrogens is 334 g/mol. The van der Waals surface area contributed by atoms with Crippen LogP contribution in [0.5, 0.6) is 11.5 Å². The molecule has 23 heavy (non-hydrogen) atoms. The number of aromatic amines is 1. The van der Waals surface area contributed by atoms with Crippen molar-refractivity contribution in [1.29, 1.82) is 0 Å². The van der Waals surface area contributed by atoms with Crippen molar-refractivity contribution < 1.29 is 14.3 Å². The zero-order chi connectivity index (χ0) is 15.8. The molecule has 8 heteroatoms. The van der Waals surface area contributed by atoms with Crippen molar-refractivity contribution in [3.8, 4) is 11.5 Å². The molecule has 1 saturated heterocycles. The van der Waals surface area contributed by atoms with Crippen LogP contribution in [0.4, 0.5) is 0 Å². The highest BCUT2D eigenvalue weighted by atomic mass is 32.2. The first-order chi connectivity index (χ1) is 11.2. The summed E-state index contributed by atoms with van der Waals surface area (Å²) in [6.45, 7) is 0.628. The number of carbonyl (C=O) groups excluding carboxylic acids is 1. The van der Waals surface area contributed by atoms with E-state index < -0.39 is 0 Å². The predicted molar refractivity (Wildman–Crippen MR) is 89.9 cm³/mol. The molecule has 4 rings (SSSR count). The van der Waals surface area contributed by atoms with Crippen LogP contribution in [-0.4, -0.2) is 31.9 Å². The molecule has 0 saturated carbocycles. The van der Waals surface area contributed by atoms with Gasteiger partial charge in [-0.15, -0.1) is 0 Å². The second kappa shape index (κ2) is 5.71. The second-order valence-corrected chi connectivity index (χ2v) is 6.61. The van der Waals surface area contributed by atoms with Gasteiger partial charge >= 0.3 is 0 Å². The van der Waals surface area contributed by atoms with E-state index in [1.54, 1.807) is 23.4 Å². The Morgan fingerprint density at radius 2 is 2.26 bits per heavy atom. The zero-order valence-electron chi connectivity index (χ0n) is 11.8. The molecule has 2 aliphatic rings. The van der Waals surface area contributed by atoms with Gasteiger partial charge in [0.2, 0.25) is 6.79 Å². The first-order valence-electron chi connectivity index (χ1n) is 6.84. The summed E-state index contributed by atoms with van der Waals surface area (Å²) >= 11 is 6.61. The number of thioether (sulfide) groups is 1. The van der Waals surface area contributed by atoms with E-state index in [4.69, 9.17) is 21.7 Å². The average Bonchev–Trinajstić information content (AvgIpc) is 3.25. The lowest BCUT2D eigenvalue weighted by atomic mass is 10.2. The van der Waals surface area contributed by atoms with Gasteiger partial charge in [-0.2, -0.15) is 0 Å². The van der Waals surface area contributed by atoms with Crippen LogP contribution in [-0.2, 0) is 11.3 Å².